The van der Waals surface area contributed by atoms with Gasteiger partial charge in [0.05, 0.1) is 5.69 Å². The van der Waals surface area contributed by atoms with Crippen molar-refractivity contribution in [3.8, 4) is 0 Å². The Bertz CT molecular complexity index is 746. The van der Waals surface area contributed by atoms with Gasteiger partial charge in [0.2, 0.25) is 10.0 Å². The average molecular weight is 312 g/mol. The Morgan fingerprint density at radius 1 is 1.05 bits per heavy atom. The molecule has 0 bridgehead atoms. The lowest BCUT2D eigenvalue weighted by molar-refractivity contribution is 0.466. The minimum Gasteiger partial charge on any atom is -0.398 e. The van der Waals surface area contributed by atoms with Crippen molar-refractivity contribution in [3.63, 3.8) is 0 Å². The van der Waals surface area contributed by atoms with Gasteiger partial charge in [0.25, 0.3) is 0 Å². The average Bonchev–Trinajstić information content (AvgIpc) is 2.43. The van der Waals surface area contributed by atoms with E-state index >= 15 is 0 Å². The van der Waals surface area contributed by atoms with Crippen molar-refractivity contribution in [2.24, 2.45) is 0 Å². The second-order valence-corrected chi connectivity index (χ2v) is 6.58. The van der Waals surface area contributed by atoms with Crippen molar-refractivity contribution in [1.82, 2.24) is 4.31 Å². The molecule has 0 aliphatic carbocycles. The molecule has 0 saturated carbocycles. The van der Waals surface area contributed by atoms with E-state index in [1.807, 2.05) is 0 Å². The van der Waals surface area contributed by atoms with Crippen LogP contribution in [0.4, 0.5) is 14.5 Å². The maximum atomic E-state index is 13.2. The third-order valence-electron chi connectivity index (χ3n) is 2.98. The molecule has 4 nitrogen and oxygen atoms in total. The van der Waals surface area contributed by atoms with Gasteiger partial charge in [0.1, 0.15) is 16.5 Å². The van der Waals surface area contributed by atoms with Gasteiger partial charge in [-0.25, -0.2) is 17.2 Å². The van der Waals surface area contributed by atoms with Crippen LogP contribution in [0.5, 0.6) is 0 Å². The smallest absolute Gasteiger partial charge is 0.245 e. The number of nitrogens with two attached hydrogens (primary N) is 1. The molecule has 2 rings (SSSR count). The normalized spacial score (nSPS) is 11.8. The quantitative estimate of drug-likeness (QED) is 0.882. The third-order valence-corrected chi connectivity index (χ3v) is 4.84. The van der Waals surface area contributed by atoms with Crippen molar-refractivity contribution in [2.45, 2.75) is 11.4 Å². The lowest BCUT2D eigenvalue weighted by atomic mass is 10.2. The molecule has 0 aliphatic rings. The largest absolute Gasteiger partial charge is 0.398 e. The Hall–Kier alpha value is -1.99. The first kappa shape index (κ1) is 15.4. The molecular formula is C14H14F2N2O2S. The molecule has 0 saturated heterocycles. The summed E-state index contributed by atoms with van der Waals surface area (Å²) < 4.78 is 51.9. The molecule has 2 N–H and O–H groups in total. The topological polar surface area (TPSA) is 63.4 Å². The zero-order valence-corrected chi connectivity index (χ0v) is 12.1. The van der Waals surface area contributed by atoms with E-state index in [0.29, 0.717) is 5.56 Å². The van der Waals surface area contributed by atoms with Crippen LogP contribution in [0.3, 0.4) is 0 Å². The molecule has 0 atom stereocenters. The van der Waals surface area contributed by atoms with Gasteiger partial charge in [-0.15, -0.1) is 0 Å². The van der Waals surface area contributed by atoms with Gasteiger partial charge in [-0.05, 0) is 35.9 Å². The molecule has 2 aromatic carbocycles. The number of hydrogen-bond acceptors (Lipinski definition) is 3. The van der Waals surface area contributed by atoms with Gasteiger partial charge in [-0.1, -0.05) is 12.1 Å². The highest BCUT2D eigenvalue weighted by molar-refractivity contribution is 7.89. The summed E-state index contributed by atoms with van der Waals surface area (Å²) in [4.78, 5) is -0.285. The Kier molecular flexibility index (Phi) is 4.24. The standard InChI is InChI=1S/C14H14F2N2O2S/c1-18(9-10-2-4-11(15)5-3-10)21(19,20)14-8-12(16)6-7-13(14)17/h2-8H,9,17H2,1H3. The van der Waals surface area contributed by atoms with Gasteiger partial charge < -0.3 is 5.73 Å². The van der Waals surface area contributed by atoms with E-state index < -0.39 is 21.7 Å². The van der Waals surface area contributed by atoms with Crippen molar-refractivity contribution in [3.05, 3.63) is 59.7 Å². The highest BCUT2D eigenvalue weighted by Crippen LogP contribution is 2.23. The third kappa shape index (κ3) is 3.37. The molecule has 0 aromatic heterocycles. The molecule has 0 radical (unpaired) electrons. The fourth-order valence-electron chi connectivity index (χ4n) is 1.83. The number of benzene rings is 2. The molecule has 0 fully saturated rings. The van der Waals surface area contributed by atoms with Crippen LogP contribution >= 0.6 is 0 Å². The second kappa shape index (κ2) is 5.79. The molecule has 0 amide bonds. The number of halogens is 2. The van der Waals surface area contributed by atoms with Gasteiger partial charge in [-0.3, -0.25) is 0 Å². The summed E-state index contributed by atoms with van der Waals surface area (Å²) in [5.41, 5.74) is 6.19. The summed E-state index contributed by atoms with van der Waals surface area (Å²) in [5, 5.41) is 0. The van der Waals surface area contributed by atoms with E-state index in [1.54, 1.807) is 0 Å². The van der Waals surface area contributed by atoms with Gasteiger partial charge in [0.15, 0.2) is 0 Å². The summed E-state index contributed by atoms with van der Waals surface area (Å²) in [5.74, 6) is -1.09. The summed E-state index contributed by atoms with van der Waals surface area (Å²) in [7, 11) is -2.58. The van der Waals surface area contributed by atoms with E-state index in [2.05, 4.69) is 0 Å². The molecule has 0 aliphatic heterocycles. The van der Waals surface area contributed by atoms with E-state index in [1.165, 1.54) is 37.4 Å². The molecule has 112 valence electrons. The maximum absolute atomic E-state index is 13.2. The van der Waals surface area contributed by atoms with Gasteiger partial charge in [-0.2, -0.15) is 4.31 Å². The summed E-state index contributed by atoms with van der Waals surface area (Å²) in [6.07, 6.45) is 0. The van der Waals surface area contributed by atoms with Crippen LogP contribution in [0.15, 0.2) is 47.4 Å². The van der Waals surface area contributed by atoms with E-state index in [9.17, 15) is 17.2 Å². The highest BCUT2D eigenvalue weighted by atomic mass is 32.2. The lowest BCUT2D eigenvalue weighted by Crippen LogP contribution is -2.27. The molecule has 21 heavy (non-hydrogen) atoms. The molecular weight excluding hydrogens is 298 g/mol. The van der Waals surface area contributed by atoms with Crippen molar-refractivity contribution >= 4 is 15.7 Å². The SMILES string of the molecule is CN(Cc1ccc(F)cc1)S(=O)(=O)c1cc(F)ccc1N. The summed E-state index contributed by atoms with van der Waals surface area (Å²) >= 11 is 0. The first-order chi connectivity index (χ1) is 9.80. The predicted molar refractivity (Wildman–Crippen MR) is 75.9 cm³/mol. The molecule has 2 aromatic rings. The lowest BCUT2D eigenvalue weighted by Gasteiger charge is -2.18. The van der Waals surface area contributed by atoms with E-state index in [-0.39, 0.29) is 17.1 Å². The molecule has 0 unspecified atom stereocenters. The van der Waals surface area contributed by atoms with E-state index in [4.69, 9.17) is 5.73 Å². The first-order valence-corrected chi connectivity index (χ1v) is 7.50. The number of nitrogens with zero attached hydrogens (tertiary/aromatic N) is 1. The van der Waals surface area contributed by atoms with Crippen LogP contribution in [0, 0.1) is 11.6 Å². The van der Waals surface area contributed by atoms with Gasteiger partial charge in [0, 0.05) is 13.6 Å². The van der Waals surface area contributed by atoms with Gasteiger partial charge >= 0.3 is 0 Å². The van der Waals surface area contributed by atoms with Crippen LogP contribution in [0.1, 0.15) is 5.56 Å². The zero-order valence-electron chi connectivity index (χ0n) is 11.3. The summed E-state index contributed by atoms with van der Waals surface area (Å²) in [6, 6.07) is 8.62. The first-order valence-electron chi connectivity index (χ1n) is 6.06. The Balaban J connectivity index is 2.30. The highest BCUT2D eigenvalue weighted by Gasteiger charge is 2.24. The Labute approximate surface area is 121 Å². The number of hydrogen-bond donors (Lipinski definition) is 1. The fourth-order valence-corrected chi connectivity index (χ4v) is 3.11. The molecule has 0 spiro atoms. The van der Waals surface area contributed by atoms with Crippen LogP contribution < -0.4 is 5.73 Å². The minimum atomic E-state index is -3.93. The maximum Gasteiger partial charge on any atom is 0.245 e. The molecule has 7 heteroatoms. The van der Waals surface area contributed by atoms with Crippen molar-refractivity contribution in [2.75, 3.05) is 12.8 Å². The zero-order chi connectivity index (χ0) is 15.6. The van der Waals surface area contributed by atoms with Crippen LogP contribution in [0.2, 0.25) is 0 Å². The second-order valence-electron chi connectivity index (χ2n) is 4.57. The Morgan fingerprint density at radius 3 is 2.24 bits per heavy atom. The molecule has 0 heterocycles. The number of sulfonamides is 1. The predicted octanol–water partition coefficient (Wildman–Crippen LogP) is 2.37. The Morgan fingerprint density at radius 2 is 1.62 bits per heavy atom. The van der Waals surface area contributed by atoms with Crippen molar-refractivity contribution in [1.29, 1.82) is 0 Å². The summed E-state index contributed by atoms with van der Waals surface area (Å²) in [6.45, 7) is 0.0264. The van der Waals surface area contributed by atoms with Crippen molar-refractivity contribution < 1.29 is 17.2 Å². The number of rotatable bonds is 4. The monoisotopic (exact) mass is 312 g/mol. The van der Waals surface area contributed by atoms with Crippen LogP contribution in [0.25, 0.3) is 0 Å². The number of anilines is 1. The minimum absolute atomic E-state index is 0.0256. The number of nitrogen functional groups attached to an aromatic ring is 1. The fraction of sp³-hybridized carbons (Fsp3) is 0.143. The van der Waals surface area contributed by atoms with Crippen LogP contribution in [-0.4, -0.2) is 19.8 Å². The van der Waals surface area contributed by atoms with E-state index in [0.717, 1.165) is 16.4 Å². The van der Waals surface area contributed by atoms with Crippen LogP contribution in [-0.2, 0) is 16.6 Å².